The summed E-state index contributed by atoms with van der Waals surface area (Å²) in [4.78, 5) is 15.7. The van der Waals surface area contributed by atoms with Crippen LogP contribution in [0.2, 0.25) is 0 Å². The maximum atomic E-state index is 11.4. The minimum Gasteiger partial charge on any atom is -0.481 e. The van der Waals surface area contributed by atoms with Crippen molar-refractivity contribution in [1.29, 1.82) is 0 Å². The molecule has 2 aromatic rings. The Bertz CT molecular complexity index is 625. The summed E-state index contributed by atoms with van der Waals surface area (Å²) in [6.07, 6.45) is 7.39. The summed E-state index contributed by atoms with van der Waals surface area (Å²) < 4.78 is 1.75. The summed E-state index contributed by atoms with van der Waals surface area (Å²) in [5, 5.41) is 20.4. The summed E-state index contributed by atoms with van der Waals surface area (Å²) in [5.74, 6) is -0.185. The highest BCUT2D eigenvalue weighted by molar-refractivity contribution is 5.77. The van der Waals surface area contributed by atoms with Crippen LogP contribution in [-0.4, -0.2) is 36.7 Å². The summed E-state index contributed by atoms with van der Waals surface area (Å²) in [6.45, 7) is 1.78. The lowest BCUT2D eigenvalue weighted by Gasteiger charge is -2.28. The van der Waals surface area contributed by atoms with E-state index in [4.69, 9.17) is 0 Å². The highest BCUT2D eigenvalue weighted by atomic mass is 16.4. The van der Waals surface area contributed by atoms with Crippen molar-refractivity contribution < 1.29 is 9.90 Å². The van der Waals surface area contributed by atoms with Crippen molar-refractivity contribution in [2.75, 3.05) is 5.32 Å². The van der Waals surface area contributed by atoms with Gasteiger partial charge in [-0.1, -0.05) is 6.42 Å². The van der Waals surface area contributed by atoms with Gasteiger partial charge in [-0.25, -0.2) is 4.98 Å². The van der Waals surface area contributed by atoms with Crippen LogP contribution in [0.1, 0.15) is 26.2 Å². The molecule has 100 valence electrons. The first kappa shape index (κ1) is 11.9. The van der Waals surface area contributed by atoms with Gasteiger partial charge in [-0.2, -0.15) is 0 Å². The number of rotatable bonds is 3. The minimum atomic E-state index is -0.768. The van der Waals surface area contributed by atoms with E-state index in [-0.39, 0.29) is 6.04 Å². The number of fused-ring (bicyclic) bond motifs is 1. The molecule has 0 aliphatic heterocycles. The van der Waals surface area contributed by atoms with Gasteiger partial charge in [0.25, 0.3) is 0 Å². The Balaban J connectivity index is 1.93. The zero-order valence-corrected chi connectivity index (χ0v) is 10.6. The van der Waals surface area contributed by atoms with E-state index in [0.717, 1.165) is 12.8 Å². The second-order valence-corrected chi connectivity index (χ2v) is 5.15. The SMILES string of the molecule is CC1(C(=O)O)CCCC1Nc1nccn2cnnc12. The van der Waals surface area contributed by atoms with Crippen molar-refractivity contribution in [1.82, 2.24) is 19.6 Å². The van der Waals surface area contributed by atoms with Gasteiger partial charge in [0.1, 0.15) is 6.33 Å². The van der Waals surface area contributed by atoms with Gasteiger partial charge < -0.3 is 10.4 Å². The van der Waals surface area contributed by atoms with E-state index in [1.165, 1.54) is 0 Å². The fourth-order valence-corrected chi connectivity index (χ4v) is 2.68. The summed E-state index contributed by atoms with van der Waals surface area (Å²) >= 11 is 0. The van der Waals surface area contributed by atoms with E-state index in [2.05, 4.69) is 20.5 Å². The van der Waals surface area contributed by atoms with Gasteiger partial charge in [-0.15, -0.1) is 10.2 Å². The van der Waals surface area contributed by atoms with Crippen LogP contribution in [0.4, 0.5) is 5.82 Å². The highest BCUT2D eigenvalue weighted by Gasteiger charge is 2.45. The van der Waals surface area contributed by atoms with Crippen LogP contribution in [0.5, 0.6) is 0 Å². The third-order valence-corrected chi connectivity index (χ3v) is 3.97. The maximum Gasteiger partial charge on any atom is 0.311 e. The second-order valence-electron chi connectivity index (χ2n) is 5.15. The van der Waals surface area contributed by atoms with Crippen LogP contribution in [0.3, 0.4) is 0 Å². The van der Waals surface area contributed by atoms with Crippen LogP contribution >= 0.6 is 0 Å². The molecule has 1 aliphatic rings. The van der Waals surface area contributed by atoms with E-state index in [1.807, 2.05) is 0 Å². The molecule has 2 unspecified atom stereocenters. The smallest absolute Gasteiger partial charge is 0.311 e. The zero-order valence-electron chi connectivity index (χ0n) is 10.6. The molecule has 1 aliphatic carbocycles. The molecule has 2 N–H and O–H groups in total. The second kappa shape index (κ2) is 4.18. The topological polar surface area (TPSA) is 92.4 Å². The fraction of sp³-hybridized carbons (Fsp3) is 0.500. The van der Waals surface area contributed by atoms with E-state index in [1.54, 1.807) is 30.0 Å². The summed E-state index contributed by atoms with van der Waals surface area (Å²) in [5.41, 5.74) is -0.142. The number of carboxylic acid groups (broad SMARTS) is 1. The van der Waals surface area contributed by atoms with Crippen molar-refractivity contribution in [3.8, 4) is 0 Å². The van der Waals surface area contributed by atoms with Crippen molar-refractivity contribution in [2.45, 2.75) is 32.2 Å². The molecule has 2 atom stereocenters. The molecule has 0 radical (unpaired) electrons. The number of carbonyl (C=O) groups is 1. The molecule has 7 nitrogen and oxygen atoms in total. The third kappa shape index (κ3) is 1.81. The normalized spacial score (nSPS) is 26.7. The predicted octanol–water partition coefficient (Wildman–Crippen LogP) is 1.18. The quantitative estimate of drug-likeness (QED) is 0.861. The van der Waals surface area contributed by atoms with Gasteiger partial charge in [0.2, 0.25) is 5.65 Å². The van der Waals surface area contributed by atoms with E-state index < -0.39 is 11.4 Å². The number of carboxylic acids is 1. The average Bonchev–Trinajstić information content (AvgIpc) is 2.98. The molecular weight excluding hydrogens is 246 g/mol. The monoisotopic (exact) mass is 261 g/mol. The molecule has 0 spiro atoms. The zero-order chi connectivity index (χ0) is 13.5. The number of aromatic nitrogens is 4. The van der Waals surface area contributed by atoms with Gasteiger partial charge in [-0.05, 0) is 19.8 Å². The first-order valence-corrected chi connectivity index (χ1v) is 6.25. The van der Waals surface area contributed by atoms with E-state index >= 15 is 0 Å². The standard InChI is InChI=1S/C12H15N5O2/c1-12(11(18)19)4-2-3-8(12)15-9-10-16-14-7-17(10)6-5-13-9/h5-8H,2-4H2,1H3,(H,13,15)(H,18,19). The van der Waals surface area contributed by atoms with Gasteiger partial charge in [-0.3, -0.25) is 9.20 Å². The molecule has 1 saturated carbocycles. The summed E-state index contributed by atoms with van der Waals surface area (Å²) in [7, 11) is 0. The Morgan fingerprint density at radius 2 is 2.47 bits per heavy atom. The Labute approximate surface area is 109 Å². The number of nitrogens with zero attached hydrogens (tertiary/aromatic N) is 4. The van der Waals surface area contributed by atoms with E-state index in [0.29, 0.717) is 17.9 Å². The van der Waals surface area contributed by atoms with E-state index in [9.17, 15) is 9.90 Å². The van der Waals surface area contributed by atoms with Crippen molar-refractivity contribution in [3.63, 3.8) is 0 Å². The highest BCUT2D eigenvalue weighted by Crippen LogP contribution is 2.39. The van der Waals surface area contributed by atoms with Crippen molar-refractivity contribution in [2.24, 2.45) is 5.41 Å². The van der Waals surface area contributed by atoms with Gasteiger partial charge in [0.05, 0.1) is 5.41 Å². The van der Waals surface area contributed by atoms with Crippen LogP contribution < -0.4 is 5.32 Å². The minimum absolute atomic E-state index is 0.139. The molecule has 2 heterocycles. The number of aliphatic carboxylic acids is 1. The molecule has 0 bridgehead atoms. The number of hydrogen-bond acceptors (Lipinski definition) is 5. The van der Waals surface area contributed by atoms with Crippen molar-refractivity contribution in [3.05, 3.63) is 18.7 Å². The number of nitrogens with one attached hydrogen (secondary N) is 1. The van der Waals surface area contributed by atoms with Gasteiger partial charge in [0.15, 0.2) is 5.82 Å². The molecular formula is C12H15N5O2. The molecule has 7 heteroatoms. The molecule has 19 heavy (non-hydrogen) atoms. The number of anilines is 1. The average molecular weight is 261 g/mol. The predicted molar refractivity (Wildman–Crippen MR) is 67.8 cm³/mol. The first-order valence-electron chi connectivity index (χ1n) is 6.25. The molecule has 2 aromatic heterocycles. The number of hydrogen-bond donors (Lipinski definition) is 2. The van der Waals surface area contributed by atoms with Crippen molar-refractivity contribution >= 4 is 17.4 Å². The lowest BCUT2D eigenvalue weighted by molar-refractivity contribution is -0.147. The summed E-state index contributed by atoms with van der Waals surface area (Å²) in [6, 6.07) is -0.139. The third-order valence-electron chi connectivity index (χ3n) is 3.97. The molecule has 0 amide bonds. The lowest BCUT2D eigenvalue weighted by Crippen LogP contribution is -2.40. The first-order chi connectivity index (χ1) is 9.11. The lowest BCUT2D eigenvalue weighted by atomic mass is 9.85. The Morgan fingerprint density at radius 1 is 1.63 bits per heavy atom. The molecule has 3 rings (SSSR count). The Kier molecular flexibility index (Phi) is 2.62. The molecule has 1 fully saturated rings. The Hall–Kier alpha value is -2.18. The fourth-order valence-electron chi connectivity index (χ4n) is 2.68. The maximum absolute atomic E-state index is 11.4. The van der Waals surface area contributed by atoms with Crippen LogP contribution in [0.15, 0.2) is 18.7 Å². The van der Waals surface area contributed by atoms with Crippen LogP contribution in [0.25, 0.3) is 5.65 Å². The van der Waals surface area contributed by atoms with Gasteiger partial charge in [0, 0.05) is 18.4 Å². The molecule has 0 aromatic carbocycles. The van der Waals surface area contributed by atoms with Crippen LogP contribution in [0, 0.1) is 5.41 Å². The van der Waals surface area contributed by atoms with Gasteiger partial charge >= 0.3 is 5.97 Å². The molecule has 0 saturated heterocycles. The Morgan fingerprint density at radius 3 is 3.26 bits per heavy atom. The van der Waals surface area contributed by atoms with Crippen LogP contribution in [-0.2, 0) is 4.79 Å². The largest absolute Gasteiger partial charge is 0.481 e.